The molecule has 4 rings (SSSR count). The van der Waals surface area contributed by atoms with Crippen LogP contribution in [-0.4, -0.2) is 91.8 Å². The second-order valence-electron chi connectivity index (χ2n) is 9.22. The molecule has 12 heteroatoms. The number of aliphatic hydroxyl groups is 1. The van der Waals surface area contributed by atoms with Gasteiger partial charge in [0.15, 0.2) is 5.69 Å². The third-order valence-electron chi connectivity index (χ3n) is 6.26. The van der Waals surface area contributed by atoms with Crippen molar-refractivity contribution in [2.45, 2.75) is 51.4 Å². The fraction of sp³-hybridized carbons (Fsp3) is 0.522. The number of likely N-dealkylation sites (tertiary alicyclic amines) is 2. The monoisotopic (exact) mass is 503 g/mol. The van der Waals surface area contributed by atoms with Crippen LogP contribution in [0.5, 0.6) is 0 Å². The highest BCUT2D eigenvalue weighted by Crippen LogP contribution is 2.17. The molecule has 0 aromatic carbocycles. The van der Waals surface area contributed by atoms with Crippen LogP contribution in [0.15, 0.2) is 24.4 Å². The first-order chi connectivity index (χ1) is 16.7. The molecule has 2 aliphatic heterocycles. The van der Waals surface area contributed by atoms with Gasteiger partial charge in [0.05, 0.1) is 11.1 Å². The minimum atomic E-state index is -0.557. The van der Waals surface area contributed by atoms with E-state index in [-0.39, 0.29) is 43.0 Å². The summed E-state index contributed by atoms with van der Waals surface area (Å²) in [6, 6.07) is 5.01. The van der Waals surface area contributed by atoms with Gasteiger partial charge in [-0.25, -0.2) is 9.67 Å². The lowest BCUT2D eigenvalue weighted by molar-refractivity contribution is -0.116. The molecule has 0 aliphatic carbocycles. The predicted octanol–water partition coefficient (Wildman–Crippen LogP) is 0.990. The van der Waals surface area contributed by atoms with Crippen LogP contribution < -0.4 is 10.6 Å². The van der Waals surface area contributed by atoms with Crippen molar-refractivity contribution >= 4 is 35.1 Å². The molecule has 3 N–H and O–H groups in total. The Kier molecular flexibility index (Phi) is 7.68. The normalized spacial score (nSPS) is 17.3. The Morgan fingerprint density at radius 1 is 1.20 bits per heavy atom. The maximum Gasteiger partial charge on any atom is 0.274 e. The van der Waals surface area contributed by atoms with Crippen LogP contribution in [0.2, 0.25) is 5.02 Å². The molecule has 35 heavy (non-hydrogen) atoms. The van der Waals surface area contributed by atoms with Crippen LogP contribution in [0, 0.1) is 0 Å². The molecule has 0 bridgehead atoms. The van der Waals surface area contributed by atoms with Gasteiger partial charge in [-0.1, -0.05) is 11.6 Å². The first-order valence-corrected chi connectivity index (χ1v) is 12.1. The van der Waals surface area contributed by atoms with Crippen LogP contribution in [-0.2, 0) is 11.3 Å². The Morgan fingerprint density at radius 2 is 1.91 bits per heavy atom. The van der Waals surface area contributed by atoms with Gasteiger partial charge in [-0.05, 0) is 38.8 Å². The van der Waals surface area contributed by atoms with Crippen molar-refractivity contribution in [3.8, 4) is 0 Å². The number of nitrogens with one attached hydrogen (secondary N) is 2. The van der Waals surface area contributed by atoms with Crippen LogP contribution >= 0.6 is 11.6 Å². The number of aliphatic hydroxyl groups excluding tert-OH is 1. The second-order valence-corrected chi connectivity index (χ2v) is 9.66. The van der Waals surface area contributed by atoms with E-state index in [2.05, 4.69) is 39.5 Å². The number of piperidine rings is 1. The molecule has 0 atom stereocenters. The molecule has 0 radical (unpaired) electrons. The number of hydrogen-bond donors (Lipinski definition) is 3. The molecule has 2 aromatic heterocycles. The van der Waals surface area contributed by atoms with E-state index < -0.39 is 17.9 Å². The molecule has 0 saturated carbocycles. The van der Waals surface area contributed by atoms with Gasteiger partial charge in [-0.2, -0.15) is 5.10 Å². The van der Waals surface area contributed by atoms with E-state index in [1.807, 2.05) is 0 Å². The van der Waals surface area contributed by atoms with Crippen LogP contribution in [0.3, 0.4) is 0 Å². The molecule has 0 spiro atoms. The van der Waals surface area contributed by atoms with Crippen molar-refractivity contribution in [3.05, 3.63) is 40.8 Å². The van der Waals surface area contributed by atoms with E-state index in [4.69, 9.17) is 11.6 Å². The van der Waals surface area contributed by atoms with Crippen molar-refractivity contribution in [1.29, 1.82) is 0 Å². The van der Waals surface area contributed by atoms with E-state index in [1.54, 1.807) is 12.1 Å². The Bertz CT molecular complexity index is 1070. The average Bonchev–Trinajstić information content (AvgIpc) is 3.22. The molecular formula is C23H30ClN7O4. The summed E-state index contributed by atoms with van der Waals surface area (Å²) in [7, 11) is 0. The lowest BCUT2D eigenvalue weighted by atomic mass is 10.0. The third-order valence-corrected chi connectivity index (χ3v) is 6.49. The van der Waals surface area contributed by atoms with Crippen LogP contribution in [0.4, 0.5) is 5.82 Å². The third kappa shape index (κ3) is 6.16. The van der Waals surface area contributed by atoms with Gasteiger partial charge >= 0.3 is 0 Å². The fourth-order valence-electron chi connectivity index (χ4n) is 4.20. The molecule has 188 valence electrons. The van der Waals surface area contributed by atoms with Gasteiger partial charge in [0.25, 0.3) is 11.8 Å². The van der Waals surface area contributed by atoms with Gasteiger partial charge in [-0.3, -0.25) is 14.4 Å². The molecule has 2 aliphatic rings. The minimum absolute atomic E-state index is 0.00220. The Morgan fingerprint density at radius 3 is 2.51 bits per heavy atom. The molecule has 2 fully saturated rings. The number of amides is 3. The van der Waals surface area contributed by atoms with Crippen molar-refractivity contribution < 1.29 is 19.5 Å². The molecule has 2 saturated heterocycles. The lowest BCUT2D eigenvalue weighted by Gasteiger charge is -2.35. The maximum atomic E-state index is 13.2. The zero-order valence-electron chi connectivity index (χ0n) is 19.8. The molecule has 4 heterocycles. The SMILES string of the molecule is CC(C)N1CCC(NC(=O)c2cc(C(=O)N3CC(O)C3)nn2CC(=O)Nc2ccc(Cl)cn2)CC1. The summed E-state index contributed by atoms with van der Waals surface area (Å²) in [6.07, 6.45) is 2.49. The molecule has 3 amide bonds. The van der Waals surface area contributed by atoms with Gasteiger partial charge in [-0.15, -0.1) is 0 Å². The second kappa shape index (κ2) is 10.7. The summed E-state index contributed by atoms with van der Waals surface area (Å²) in [5.74, 6) is -0.936. The highest BCUT2D eigenvalue weighted by Gasteiger charge is 2.32. The summed E-state index contributed by atoms with van der Waals surface area (Å²) in [4.78, 5) is 46.4. The summed E-state index contributed by atoms with van der Waals surface area (Å²) < 4.78 is 1.23. The quantitative estimate of drug-likeness (QED) is 0.513. The largest absolute Gasteiger partial charge is 0.389 e. The van der Waals surface area contributed by atoms with Crippen molar-refractivity contribution in [2.24, 2.45) is 0 Å². The number of hydrogen-bond acceptors (Lipinski definition) is 7. The summed E-state index contributed by atoms with van der Waals surface area (Å²) in [5.41, 5.74) is 0.175. The topological polar surface area (TPSA) is 133 Å². The number of β-amino-alcohol motifs (C(OH)–C–C–N with tert-alkyl or cyclic N) is 1. The number of halogens is 1. The standard InChI is InChI=1S/C23H30ClN7O4/c1-14(2)29-7-5-16(6-8-29)26-22(34)19-9-18(23(35)30-11-17(32)12-30)28-31(19)13-21(33)27-20-4-3-15(24)10-25-20/h3-4,9-10,14,16-17,32H,5-8,11-13H2,1-2H3,(H,26,34)(H,25,27,33). The highest BCUT2D eigenvalue weighted by molar-refractivity contribution is 6.30. The summed E-state index contributed by atoms with van der Waals surface area (Å²) >= 11 is 5.83. The Balaban J connectivity index is 1.47. The van der Waals surface area contributed by atoms with Crippen molar-refractivity contribution in [1.82, 2.24) is 29.9 Å². The van der Waals surface area contributed by atoms with E-state index in [9.17, 15) is 19.5 Å². The van der Waals surface area contributed by atoms with E-state index in [1.165, 1.54) is 21.8 Å². The summed E-state index contributed by atoms with van der Waals surface area (Å²) in [6.45, 7) is 6.22. The Labute approximate surface area is 208 Å². The Hall–Kier alpha value is -3.02. The number of aromatic nitrogens is 3. The first kappa shape index (κ1) is 25.1. The van der Waals surface area contributed by atoms with Crippen molar-refractivity contribution in [2.75, 3.05) is 31.5 Å². The first-order valence-electron chi connectivity index (χ1n) is 11.7. The van der Waals surface area contributed by atoms with E-state index in [0.717, 1.165) is 25.9 Å². The molecule has 2 aromatic rings. The fourth-order valence-corrected chi connectivity index (χ4v) is 4.31. The summed E-state index contributed by atoms with van der Waals surface area (Å²) in [5, 5.41) is 19.9. The van der Waals surface area contributed by atoms with E-state index >= 15 is 0 Å². The lowest BCUT2D eigenvalue weighted by Crippen LogP contribution is -2.53. The van der Waals surface area contributed by atoms with Gasteiger partial charge in [0, 0.05) is 50.5 Å². The number of carbonyl (C=O) groups is 3. The van der Waals surface area contributed by atoms with Crippen LogP contribution in [0.1, 0.15) is 47.7 Å². The smallest absolute Gasteiger partial charge is 0.274 e. The highest BCUT2D eigenvalue weighted by atomic mass is 35.5. The molecular weight excluding hydrogens is 474 g/mol. The van der Waals surface area contributed by atoms with Gasteiger partial charge in [0.2, 0.25) is 5.91 Å². The van der Waals surface area contributed by atoms with Gasteiger partial charge < -0.3 is 25.5 Å². The number of nitrogens with zero attached hydrogens (tertiary/aromatic N) is 5. The zero-order valence-corrected chi connectivity index (χ0v) is 20.5. The predicted molar refractivity (Wildman–Crippen MR) is 129 cm³/mol. The average molecular weight is 504 g/mol. The maximum absolute atomic E-state index is 13.2. The number of anilines is 1. The minimum Gasteiger partial charge on any atom is -0.389 e. The number of rotatable bonds is 7. The zero-order chi connectivity index (χ0) is 25.1. The molecule has 11 nitrogen and oxygen atoms in total. The molecule has 0 unspecified atom stereocenters. The van der Waals surface area contributed by atoms with E-state index in [0.29, 0.717) is 16.9 Å². The van der Waals surface area contributed by atoms with Crippen LogP contribution in [0.25, 0.3) is 0 Å². The van der Waals surface area contributed by atoms with Gasteiger partial charge in [0.1, 0.15) is 18.1 Å². The number of carbonyl (C=O) groups excluding carboxylic acids is 3. The van der Waals surface area contributed by atoms with Crippen molar-refractivity contribution in [3.63, 3.8) is 0 Å². The number of pyridine rings is 1.